The summed E-state index contributed by atoms with van der Waals surface area (Å²) in [5.74, 6) is 1.04. The smallest absolute Gasteiger partial charge is 0.407 e. The molecular formula is C23H27FN4O2S. The Balaban J connectivity index is 1.37. The minimum atomic E-state index is -0.379. The molecule has 2 aliphatic rings. The fourth-order valence-electron chi connectivity index (χ4n) is 4.13. The third kappa shape index (κ3) is 4.95. The molecule has 1 aromatic carbocycles. The van der Waals surface area contributed by atoms with Gasteiger partial charge in [-0.05, 0) is 60.9 Å². The van der Waals surface area contributed by atoms with Gasteiger partial charge in [0.15, 0.2) is 0 Å². The van der Waals surface area contributed by atoms with Crippen LogP contribution in [-0.4, -0.2) is 42.2 Å². The van der Waals surface area contributed by atoms with Crippen molar-refractivity contribution in [3.8, 4) is 11.1 Å². The molecule has 8 heteroatoms. The standard InChI is InChI=1S/C23H27FN4O2S/c1-2-25-22(29)30-16-23(27-10-13-31-23)19-8-11-28(12-9-19)21-7-6-18(15-26-21)17-4-3-5-20(24)14-17/h3-7,10,13-15,19,27H,2,8-9,11-12,16H2,1H3,(H,25,29). The van der Waals surface area contributed by atoms with Gasteiger partial charge in [0.05, 0.1) is 0 Å². The Morgan fingerprint density at radius 3 is 2.81 bits per heavy atom. The van der Waals surface area contributed by atoms with Gasteiger partial charge in [0.2, 0.25) is 0 Å². The predicted octanol–water partition coefficient (Wildman–Crippen LogP) is 4.35. The van der Waals surface area contributed by atoms with Crippen molar-refractivity contribution < 1.29 is 13.9 Å². The normalized spacial score (nSPS) is 21.0. The Kier molecular flexibility index (Phi) is 6.65. The molecule has 1 saturated heterocycles. The largest absolute Gasteiger partial charge is 0.446 e. The van der Waals surface area contributed by atoms with Crippen molar-refractivity contribution in [2.75, 3.05) is 31.1 Å². The number of rotatable bonds is 6. The second-order valence-electron chi connectivity index (χ2n) is 7.74. The average molecular weight is 443 g/mol. The zero-order valence-corrected chi connectivity index (χ0v) is 18.3. The first-order valence-corrected chi connectivity index (χ1v) is 11.5. The van der Waals surface area contributed by atoms with E-state index in [4.69, 9.17) is 4.74 Å². The van der Waals surface area contributed by atoms with Crippen LogP contribution < -0.4 is 15.5 Å². The van der Waals surface area contributed by atoms with Gasteiger partial charge < -0.3 is 20.3 Å². The number of pyridine rings is 1. The zero-order valence-electron chi connectivity index (χ0n) is 17.5. The number of hydrogen-bond acceptors (Lipinski definition) is 6. The lowest BCUT2D eigenvalue weighted by molar-refractivity contribution is 0.111. The number of ether oxygens (including phenoxy) is 1. The molecule has 1 unspecified atom stereocenters. The van der Waals surface area contributed by atoms with Crippen LogP contribution in [0, 0.1) is 11.7 Å². The van der Waals surface area contributed by atoms with Gasteiger partial charge in [-0.1, -0.05) is 12.1 Å². The monoisotopic (exact) mass is 442 g/mol. The van der Waals surface area contributed by atoms with E-state index >= 15 is 0 Å². The van der Waals surface area contributed by atoms with Crippen molar-refractivity contribution in [1.29, 1.82) is 0 Å². The molecule has 3 heterocycles. The molecule has 1 fully saturated rings. The first-order valence-electron chi connectivity index (χ1n) is 10.6. The minimum Gasteiger partial charge on any atom is -0.446 e. The number of piperidine rings is 1. The number of thioether (sulfide) groups is 1. The van der Waals surface area contributed by atoms with Gasteiger partial charge in [0.25, 0.3) is 0 Å². The Bertz CT molecular complexity index is 921. The molecule has 2 N–H and O–H groups in total. The van der Waals surface area contributed by atoms with Crippen LogP contribution in [0.3, 0.4) is 0 Å². The highest BCUT2D eigenvalue weighted by molar-refractivity contribution is 8.03. The molecule has 1 aromatic heterocycles. The first kappa shape index (κ1) is 21.5. The number of benzene rings is 1. The summed E-state index contributed by atoms with van der Waals surface area (Å²) in [7, 11) is 0. The van der Waals surface area contributed by atoms with Crippen molar-refractivity contribution in [3.05, 3.63) is 60.0 Å². The molecule has 2 aromatic rings. The van der Waals surface area contributed by atoms with Gasteiger partial charge in [-0.15, -0.1) is 11.8 Å². The van der Waals surface area contributed by atoms with E-state index in [-0.39, 0.29) is 16.8 Å². The van der Waals surface area contributed by atoms with Gasteiger partial charge in [-0.3, -0.25) is 0 Å². The van der Waals surface area contributed by atoms with Crippen LogP contribution in [0.15, 0.2) is 54.2 Å². The third-order valence-corrected chi connectivity index (χ3v) is 7.06. The van der Waals surface area contributed by atoms with E-state index in [9.17, 15) is 9.18 Å². The number of nitrogens with zero attached hydrogens (tertiary/aromatic N) is 2. The Morgan fingerprint density at radius 2 is 2.16 bits per heavy atom. The molecule has 1 amide bonds. The number of amides is 1. The van der Waals surface area contributed by atoms with E-state index < -0.39 is 0 Å². The van der Waals surface area contributed by atoms with Crippen molar-refractivity contribution in [1.82, 2.24) is 15.6 Å². The summed E-state index contributed by atoms with van der Waals surface area (Å²) < 4.78 is 19.0. The van der Waals surface area contributed by atoms with E-state index in [1.54, 1.807) is 24.0 Å². The first-order chi connectivity index (χ1) is 15.1. The summed E-state index contributed by atoms with van der Waals surface area (Å²) in [6.45, 7) is 4.50. The molecule has 0 bridgehead atoms. The van der Waals surface area contributed by atoms with Crippen LogP contribution in [0.1, 0.15) is 19.8 Å². The summed E-state index contributed by atoms with van der Waals surface area (Å²) in [6, 6.07) is 10.5. The van der Waals surface area contributed by atoms with Gasteiger partial charge >= 0.3 is 6.09 Å². The third-order valence-electron chi connectivity index (χ3n) is 5.80. The van der Waals surface area contributed by atoms with Gasteiger partial charge in [-0.2, -0.15) is 0 Å². The second kappa shape index (κ2) is 9.60. The molecule has 164 valence electrons. The fourth-order valence-corrected chi connectivity index (χ4v) is 5.20. The van der Waals surface area contributed by atoms with Crippen LogP contribution in [-0.2, 0) is 4.74 Å². The number of anilines is 1. The average Bonchev–Trinajstić information content (AvgIpc) is 3.28. The van der Waals surface area contributed by atoms with Gasteiger partial charge in [0.1, 0.15) is 23.1 Å². The van der Waals surface area contributed by atoms with Gasteiger partial charge in [0, 0.05) is 37.6 Å². The molecule has 0 spiro atoms. The number of halogens is 1. The highest BCUT2D eigenvalue weighted by Gasteiger charge is 2.43. The van der Waals surface area contributed by atoms with E-state index in [2.05, 4.69) is 20.5 Å². The van der Waals surface area contributed by atoms with Crippen LogP contribution in [0.5, 0.6) is 0 Å². The highest BCUT2D eigenvalue weighted by atomic mass is 32.2. The Morgan fingerprint density at radius 1 is 1.32 bits per heavy atom. The van der Waals surface area contributed by atoms with E-state index in [0.717, 1.165) is 42.9 Å². The van der Waals surface area contributed by atoms with Crippen molar-refractivity contribution in [3.63, 3.8) is 0 Å². The lowest BCUT2D eigenvalue weighted by Crippen LogP contribution is -2.52. The number of alkyl carbamates (subject to hydrolysis) is 1. The molecule has 31 heavy (non-hydrogen) atoms. The predicted molar refractivity (Wildman–Crippen MR) is 122 cm³/mol. The quantitative estimate of drug-likeness (QED) is 0.693. The Hall–Kier alpha value is -2.74. The molecule has 2 aliphatic heterocycles. The summed E-state index contributed by atoms with van der Waals surface area (Å²) >= 11 is 1.69. The molecule has 1 atom stereocenters. The summed E-state index contributed by atoms with van der Waals surface area (Å²) in [6.07, 6.45) is 5.29. The Labute approximate surface area is 186 Å². The lowest BCUT2D eigenvalue weighted by atomic mass is 9.89. The molecule has 4 rings (SSSR count). The van der Waals surface area contributed by atoms with E-state index in [1.165, 1.54) is 12.1 Å². The fraction of sp³-hybridized carbons (Fsp3) is 0.391. The lowest BCUT2D eigenvalue weighted by Gasteiger charge is -2.42. The summed E-state index contributed by atoms with van der Waals surface area (Å²) in [5.41, 5.74) is 1.72. The highest BCUT2D eigenvalue weighted by Crippen LogP contribution is 2.41. The summed E-state index contributed by atoms with van der Waals surface area (Å²) in [5, 5.41) is 8.14. The van der Waals surface area contributed by atoms with Crippen molar-refractivity contribution >= 4 is 23.7 Å². The molecular weight excluding hydrogens is 415 g/mol. The number of hydrogen-bond donors (Lipinski definition) is 2. The maximum Gasteiger partial charge on any atom is 0.407 e. The number of carbonyl (C=O) groups is 1. The van der Waals surface area contributed by atoms with Gasteiger partial charge in [-0.25, -0.2) is 14.2 Å². The van der Waals surface area contributed by atoms with Crippen LogP contribution in [0.4, 0.5) is 15.0 Å². The van der Waals surface area contributed by atoms with Crippen molar-refractivity contribution in [2.45, 2.75) is 24.6 Å². The second-order valence-corrected chi connectivity index (χ2v) is 8.97. The molecule has 0 saturated carbocycles. The van der Waals surface area contributed by atoms with Crippen LogP contribution >= 0.6 is 11.8 Å². The van der Waals surface area contributed by atoms with Crippen molar-refractivity contribution in [2.24, 2.45) is 5.92 Å². The zero-order chi connectivity index (χ0) is 21.7. The minimum absolute atomic E-state index is 0.249. The molecule has 6 nitrogen and oxygen atoms in total. The number of aromatic nitrogens is 1. The van der Waals surface area contributed by atoms with Crippen LogP contribution in [0.2, 0.25) is 0 Å². The topological polar surface area (TPSA) is 66.5 Å². The maximum absolute atomic E-state index is 13.5. The SMILES string of the molecule is CCNC(=O)OCC1(C2CCN(c3ccc(-c4cccc(F)c4)cn3)CC2)NC=CS1. The van der Waals surface area contributed by atoms with Crippen LogP contribution in [0.25, 0.3) is 11.1 Å². The molecule has 0 radical (unpaired) electrons. The maximum atomic E-state index is 13.5. The number of carbonyl (C=O) groups excluding carboxylic acids is 1. The van der Waals surface area contributed by atoms with E-state index in [1.807, 2.05) is 36.7 Å². The number of nitrogens with one attached hydrogen (secondary N) is 2. The summed E-state index contributed by atoms with van der Waals surface area (Å²) in [4.78, 5) is 18.4. The molecule has 0 aliphatic carbocycles. The van der Waals surface area contributed by atoms with E-state index in [0.29, 0.717) is 19.1 Å².